The molecule has 0 spiro atoms. The van der Waals surface area contributed by atoms with Gasteiger partial charge in [0, 0.05) is 24.4 Å². The molecular formula is C12H23IN4S. The highest BCUT2D eigenvalue weighted by Gasteiger charge is 2.05. The second-order valence-corrected chi connectivity index (χ2v) is 4.95. The number of nitrogens with one attached hydrogen (secondary N) is 2. The quantitative estimate of drug-likeness (QED) is 0.468. The van der Waals surface area contributed by atoms with Crippen LogP contribution in [-0.4, -0.2) is 24.0 Å². The molecule has 0 amide bonds. The van der Waals surface area contributed by atoms with Crippen molar-refractivity contribution in [2.45, 2.75) is 40.2 Å². The molecule has 1 heterocycles. The van der Waals surface area contributed by atoms with Crippen LogP contribution in [0.4, 0.5) is 0 Å². The third kappa shape index (κ3) is 5.99. The number of aliphatic imine (C=N–C) groups is 1. The average molecular weight is 382 g/mol. The summed E-state index contributed by atoms with van der Waals surface area (Å²) in [6.45, 7) is 10.8. The molecule has 0 saturated heterocycles. The van der Waals surface area contributed by atoms with Gasteiger partial charge >= 0.3 is 0 Å². The molecule has 0 radical (unpaired) electrons. The van der Waals surface area contributed by atoms with Gasteiger partial charge in [0.1, 0.15) is 0 Å². The van der Waals surface area contributed by atoms with Gasteiger partial charge in [-0.2, -0.15) is 0 Å². The molecule has 1 aromatic heterocycles. The number of guanidine groups is 1. The molecule has 0 aliphatic rings. The number of hydrogen-bond acceptors (Lipinski definition) is 3. The Balaban J connectivity index is 0.00000289. The second kappa shape index (κ2) is 9.55. The fourth-order valence-corrected chi connectivity index (χ4v) is 2.16. The van der Waals surface area contributed by atoms with Gasteiger partial charge in [-0.3, -0.25) is 0 Å². The second-order valence-electron chi connectivity index (χ2n) is 4.06. The summed E-state index contributed by atoms with van der Waals surface area (Å²) in [5, 5.41) is 9.67. The van der Waals surface area contributed by atoms with Gasteiger partial charge in [0.2, 0.25) is 0 Å². The molecule has 104 valence electrons. The maximum atomic E-state index is 4.56. The van der Waals surface area contributed by atoms with Crippen LogP contribution in [0.3, 0.4) is 0 Å². The van der Waals surface area contributed by atoms with E-state index in [1.807, 2.05) is 0 Å². The lowest BCUT2D eigenvalue weighted by atomic mass is 10.2. The van der Waals surface area contributed by atoms with Gasteiger partial charge in [-0.25, -0.2) is 9.98 Å². The van der Waals surface area contributed by atoms with Crippen LogP contribution in [0.1, 0.15) is 44.3 Å². The maximum Gasteiger partial charge on any atom is 0.191 e. The van der Waals surface area contributed by atoms with Crippen molar-refractivity contribution in [3.05, 3.63) is 16.1 Å². The first-order chi connectivity index (χ1) is 8.17. The fraction of sp³-hybridized carbons (Fsp3) is 0.667. The van der Waals surface area contributed by atoms with Crippen molar-refractivity contribution >= 4 is 41.3 Å². The van der Waals surface area contributed by atoms with Crippen molar-refractivity contribution in [3.8, 4) is 0 Å². The highest BCUT2D eigenvalue weighted by atomic mass is 127. The zero-order chi connectivity index (χ0) is 12.7. The number of halogens is 1. The SMILES string of the molecule is CCNC(=NCc1csc(C(C)C)n1)NCC.I. The Morgan fingerprint density at radius 1 is 1.33 bits per heavy atom. The molecule has 1 rings (SSSR count). The molecule has 0 fully saturated rings. The number of hydrogen-bond donors (Lipinski definition) is 2. The molecule has 0 unspecified atom stereocenters. The van der Waals surface area contributed by atoms with E-state index in [-0.39, 0.29) is 24.0 Å². The van der Waals surface area contributed by atoms with E-state index >= 15 is 0 Å². The normalized spacial score (nSPS) is 9.83. The van der Waals surface area contributed by atoms with E-state index in [0.29, 0.717) is 12.5 Å². The fourth-order valence-electron chi connectivity index (χ4n) is 1.33. The van der Waals surface area contributed by atoms with Crippen LogP contribution in [-0.2, 0) is 6.54 Å². The first kappa shape index (κ1) is 17.6. The first-order valence-corrected chi connectivity index (χ1v) is 7.01. The van der Waals surface area contributed by atoms with E-state index in [1.54, 1.807) is 11.3 Å². The standard InChI is InChI=1S/C12H22N4S.HI/c1-5-13-12(14-6-2)15-7-10-8-17-11(16-10)9(3)4;/h8-9H,5-7H2,1-4H3,(H2,13,14,15);1H. The summed E-state index contributed by atoms with van der Waals surface area (Å²) in [4.78, 5) is 9.04. The van der Waals surface area contributed by atoms with Crippen molar-refractivity contribution in [1.82, 2.24) is 15.6 Å². The van der Waals surface area contributed by atoms with Crippen LogP contribution in [0.2, 0.25) is 0 Å². The molecule has 0 aromatic carbocycles. The Morgan fingerprint density at radius 3 is 2.39 bits per heavy atom. The van der Waals surface area contributed by atoms with E-state index < -0.39 is 0 Å². The minimum absolute atomic E-state index is 0. The molecule has 6 heteroatoms. The third-order valence-electron chi connectivity index (χ3n) is 2.15. The Hall–Kier alpha value is -0.370. The minimum atomic E-state index is 0. The van der Waals surface area contributed by atoms with Crippen molar-refractivity contribution in [3.63, 3.8) is 0 Å². The Morgan fingerprint density at radius 2 is 1.94 bits per heavy atom. The molecule has 0 saturated carbocycles. The van der Waals surface area contributed by atoms with Crippen molar-refractivity contribution in [2.75, 3.05) is 13.1 Å². The predicted octanol–water partition coefficient (Wildman–Crippen LogP) is 2.96. The number of nitrogens with zero attached hydrogens (tertiary/aromatic N) is 2. The van der Waals surface area contributed by atoms with Gasteiger partial charge in [-0.1, -0.05) is 13.8 Å². The summed E-state index contributed by atoms with van der Waals surface area (Å²) in [6, 6.07) is 0. The van der Waals surface area contributed by atoms with Gasteiger partial charge in [0.25, 0.3) is 0 Å². The summed E-state index contributed by atoms with van der Waals surface area (Å²) in [6.07, 6.45) is 0. The smallest absolute Gasteiger partial charge is 0.191 e. The van der Waals surface area contributed by atoms with Crippen molar-refractivity contribution in [1.29, 1.82) is 0 Å². The Bertz CT molecular complexity index is 355. The summed E-state index contributed by atoms with van der Waals surface area (Å²) in [5.41, 5.74) is 1.05. The van der Waals surface area contributed by atoms with Crippen molar-refractivity contribution in [2.24, 2.45) is 4.99 Å². The molecule has 0 aliphatic carbocycles. The predicted molar refractivity (Wildman–Crippen MR) is 90.1 cm³/mol. The largest absolute Gasteiger partial charge is 0.357 e. The zero-order valence-electron chi connectivity index (χ0n) is 11.5. The first-order valence-electron chi connectivity index (χ1n) is 6.13. The lowest BCUT2D eigenvalue weighted by Gasteiger charge is -2.08. The molecule has 1 aromatic rings. The van der Waals surface area contributed by atoms with Crippen LogP contribution < -0.4 is 10.6 Å². The van der Waals surface area contributed by atoms with E-state index in [1.165, 1.54) is 5.01 Å². The van der Waals surface area contributed by atoms with E-state index in [9.17, 15) is 0 Å². The van der Waals surface area contributed by atoms with Crippen LogP contribution in [0.5, 0.6) is 0 Å². The lowest BCUT2D eigenvalue weighted by molar-refractivity contribution is 0.819. The summed E-state index contributed by atoms with van der Waals surface area (Å²) < 4.78 is 0. The van der Waals surface area contributed by atoms with Crippen LogP contribution in [0, 0.1) is 0 Å². The summed E-state index contributed by atoms with van der Waals surface area (Å²) in [7, 11) is 0. The minimum Gasteiger partial charge on any atom is -0.357 e. The lowest BCUT2D eigenvalue weighted by Crippen LogP contribution is -2.36. The molecule has 0 bridgehead atoms. The number of rotatable bonds is 5. The average Bonchev–Trinajstić information content (AvgIpc) is 2.75. The molecule has 18 heavy (non-hydrogen) atoms. The molecule has 0 aliphatic heterocycles. The van der Waals surface area contributed by atoms with Gasteiger partial charge < -0.3 is 10.6 Å². The van der Waals surface area contributed by atoms with Gasteiger partial charge in [0.15, 0.2) is 5.96 Å². The van der Waals surface area contributed by atoms with Gasteiger partial charge in [0.05, 0.1) is 17.2 Å². The maximum absolute atomic E-state index is 4.56. The van der Waals surface area contributed by atoms with Crippen LogP contribution in [0.25, 0.3) is 0 Å². The highest BCUT2D eigenvalue weighted by Crippen LogP contribution is 2.19. The van der Waals surface area contributed by atoms with Crippen molar-refractivity contribution < 1.29 is 0 Å². The number of aromatic nitrogens is 1. The van der Waals surface area contributed by atoms with Gasteiger partial charge in [-0.15, -0.1) is 35.3 Å². The highest BCUT2D eigenvalue weighted by molar-refractivity contribution is 14.0. The summed E-state index contributed by atoms with van der Waals surface area (Å²) in [5.74, 6) is 1.36. The molecule has 0 atom stereocenters. The number of thiazole rings is 1. The zero-order valence-corrected chi connectivity index (χ0v) is 14.6. The van der Waals surface area contributed by atoms with Gasteiger partial charge in [-0.05, 0) is 13.8 Å². The monoisotopic (exact) mass is 382 g/mol. The molecule has 4 nitrogen and oxygen atoms in total. The molecule has 2 N–H and O–H groups in total. The van der Waals surface area contributed by atoms with E-state index in [2.05, 4.69) is 53.7 Å². The van der Waals surface area contributed by atoms with Crippen LogP contribution >= 0.6 is 35.3 Å². The Kier molecular flexibility index (Phi) is 9.35. The van der Waals surface area contributed by atoms with E-state index in [0.717, 1.165) is 24.7 Å². The third-order valence-corrected chi connectivity index (χ3v) is 3.35. The Labute approximate surface area is 131 Å². The molecular weight excluding hydrogens is 359 g/mol. The summed E-state index contributed by atoms with van der Waals surface area (Å²) >= 11 is 1.71. The van der Waals surface area contributed by atoms with Crippen LogP contribution in [0.15, 0.2) is 10.4 Å². The topological polar surface area (TPSA) is 49.3 Å². The van der Waals surface area contributed by atoms with E-state index in [4.69, 9.17) is 0 Å².